The van der Waals surface area contributed by atoms with E-state index in [4.69, 9.17) is 5.73 Å². The lowest BCUT2D eigenvalue weighted by Gasteiger charge is -2.22. The lowest BCUT2D eigenvalue weighted by Crippen LogP contribution is -2.43. The second-order valence-electron chi connectivity index (χ2n) is 5.01. The molecule has 1 saturated carbocycles. The Bertz CT molecular complexity index is 297. The Labute approximate surface area is 102 Å². The third-order valence-corrected chi connectivity index (χ3v) is 3.51. The van der Waals surface area contributed by atoms with Crippen LogP contribution in [-0.4, -0.2) is 30.5 Å². The van der Waals surface area contributed by atoms with Gasteiger partial charge in [-0.3, -0.25) is 9.79 Å². The lowest BCUT2D eigenvalue weighted by molar-refractivity contribution is -0.123. The molecule has 1 atom stereocenters. The normalized spacial score (nSPS) is 26.9. The number of carbonyl (C=O) groups excluding carboxylic acids is 1. The van der Waals surface area contributed by atoms with Gasteiger partial charge in [0.15, 0.2) is 5.96 Å². The first kappa shape index (κ1) is 12.2. The fourth-order valence-electron chi connectivity index (χ4n) is 2.55. The molecule has 1 aliphatic heterocycles. The maximum Gasteiger partial charge on any atom is 0.220 e. The van der Waals surface area contributed by atoms with E-state index in [2.05, 4.69) is 15.6 Å². The predicted octanol–water partition coefficient (Wildman–Crippen LogP) is 0.502. The first-order valence-corrected chi connectivity index (χ1v) is 6.60. The molecule has 2 rings (SSSR count). The van der Waals surface area contributed by atoms with Gasteiger partial charge >= 0.3 is 0 Å². The summed E-state index contributed by atoms with van der Waals surface area (Å²) in [6, 6.07) is 0.667. The minimum atomic E-state index is 0.138. The molecule has 1 aliphatic carbocycles. The number of guanidine groups is 1. The van der Waals surface area contributed by atoms with E-state index in [1.165, 1.54) is 25.7 Å². The highest BCUT2D eigenvalue weighted by Gasteiger charge is 2.18. The summed E-state index contributed by atoms with van der Waals surface area (Å²) in [5.41, 5.74) is 5.83. The molecule has 5 heteroatoms. The van der Waals surface area contributed by atoms with Crippen LogP contribution in [0.4, 0.5) is 0 Å². The molecule has 0 aromatic carbocycles. The minimum absolute atomic E-state index is 0.138. The molecule has 0 spiro atoms. The van der Waals surface area contributed by atoms with E-state index in [-0.39, 0.29) is 11.9 Å². The maximum atomic E-state index is 11.2. The fraction of sp³-hybridized carbons (Fsp3) is 0.833. The molecule has 0 bridgehead atoms. The number of hydrogen-bond acceptors (Lipinski definition) is 2. The van der Waals surface area contributed by atoms with E-state index in [0.29, 0.717) is 25.0 Å². The van der Waals surface area contributed by atoms with Crippen LogP contribution in [0.5, 0.6) is 0 Å². The van der Waals surface area contributed by atoms with Crippen LogP contribution in [0.1, 0.15) is 44.9 Å². The number of rotatable bonds is 3. The predicted molar refractivity (Wildman–Crippen MR) is 67.7 cm³/mol. The van der Waals surface area contributed by atoms with Crippen LogP contribution in [0.25, 0.3) is 0 Å². The topological polar surface area (TPSA) is 79.5 Å². The zero-order valence-electron chi connectivity index (χ0n) is 10.2. The molecule has 2 fully saturated rings. The number of aliphatic imine (C=N–C) groups is 1. The van der Waals surface area contributed by atoms with Crippen molar-refractivity contribution in [2.24, 2.45) is 10.7 Å². The first-order chi connectivity index (χ1) is 8.24. The van der Waals surface area contributed by atoms with Crippen molar-refractivity contribution in [2.75, 3.05) is 6.54 Å². The Morgan fingerprint density at radius 1 is 1.35 bits per heavy atom. The molecule has 4 N–H and O–H groups in total. The Hall–Kier alpha value is -1.26. The van der Waals surface area contributed by atoms with E-state index in [0.717, 1.165) is 12.8 Å². The van der Waals surface area contributed by atoms with Gasteiger partial charge in [0.1, 0.15) is 0 Å². The molecule has 0 aromatic rings. The number of hydrogen-bond donors (Lipinski definition) is 3. The zero-order valence-corrected chi connectivity index (χ0v) is 10.2. The number of piperidine rings is 1. The van der Waals surface area contributed by atoms with Crippen molar-refractivity contribution >= 4 is 11.9 Å². The molecular weight excluding hydrogens is 216 g/mol. The lowest BCUT2D eigenvalue weighted by atomic mass is 10.0. The van der Waals surface area contributed by atoms with E-state index < -0.39 is 0 Å². The van der Waals surface area contributed by atoms with Crippen LogP contribution < -0.4 is 16.4 Å². The fourth-order valence-corrected chi connectivity index (χ4v) is 2.55. The molecule has 5 nitrogen and oxygen atoms in total. The average molecular weight is 238 g/mol. The molecule has 0 radical (unpaired) electrons. The second-order valence-corrected chi connectivity index (χ2v) is 5.01. The quantitative estimate of drug-likeness (QED) is 0.495. The Kier molecular flexibility index (Phi) is 4.23. The van der Waals surface area contributed by atoms with Crippen molar-refractivity contribution in [1.82, 2.24) is 10.6 Å². The van der Waals surface area contributed by atoms with Gasteiger partial charge in [-0.15, -0.1) is 0 Å². The van der Waals surface area contributed by atoms with Crippen molar-refractivity contribution < 1.29 is 4.79 Å². The number of nitrogens with one attached hydrogen (secondary N) is 2. The summed E-state index contributed by atoms with van der Waals surface area (Å²) in [6.45, 7) is 0.595. The number of amides is 1. The molecule has 1 heterocycles. The van der Waals surface area contributed by atoms with E-state index in [9.17, 15) is 4.79 Å². The summed E-state index contributed by atoms with van der Waals surface area (Å²) in [7, 11) is 0. The molecule has 0 aromatic heterocycles. The van der Waals surface area contributed by atoms with Crippen LogP contribution >= 0.6 is 0 Å². The number of nitrogens with two attached hydrogens (primary N) is 1. The molecule has 1 saturated heterocycles. The molecular formula is C12H22N4O. The van der Waals surface area contributed by atoms with Gasteiger partial charge in [-0.2, -0.15) is 0 Å². The minimum Gasteiger partial charge on any atom is -0.370 e. The largest absolute Gasteiger partial charge is 0.370 e. The molecule has 2 aliphatic rings. The third-order valence-electron chi connectivity index (χ3n) is 3.51. The monoisotopic (exact) mass is 238 g/mol. The summed E-state index contributed by atoms with van der Waals surface area (Å²) in [5.74, 6) is 0.662. The number of carbonyl (C=O) groups is 1. The van der Waals surface area contributed by atoms with Gasteiger partial charge in [-0.05, 0) is 25.7 Å². The van der Waals surface area contributed by atoms with E-state index in [1.54, 1.807) is 0 Å². The van der Waals surface area contributed by atoms with Gasteiger partial charge < -0.3 is 16.4 Å². The van der Waals surface area contributed by atoms with Crippen LogP contribution in [0, 0.1) is 0 Å². The van der Waals surface area contributed by atoms with Gasteiger partial charge in [0, 0.05) is 18.5 Å². The van der Waals surface area contributed by atoms with Crippen molar-refractivity contribution in [3.05, 3.63) is 0 Å². The molecule has 17 heavy (non-hydrogen) atoms. The maximum absolute atomic E-state index is 11.2. The first-order valence-electron chi connectivity index (χ1n) is 6.60. The second kappa shape index (κ2) is 5.89. The smallest absolute Gasteiger partial charge is 0.220 e. The summed E-state index contributed by atoms with van der Waals surface area (Å²) in [6.07, 6.45) is 7.56. The summed E-state index contributed by atoms with van der Waals surface area (Å²) in [4.78, 5) is 15.5. The molecule has 96 valence electrons. The summed E-state index contributed by atoms with van der Waals surface area (Å²) >= 11 is 0. The molecule has 1 unspecified atom stereocenters. The van der Waals surface area contributed by atoms with E-state index >= 15 is 0 Å². The average Bonchev–Trinajstić information content (AvgIpc) is 2.79. The van der Waals surface area contributed by atoms with Gasteiger partial charge in [-0.25, -0.2) is 0 Å². The Morgan fingerprint density at radius 2 is 2.12 bits per heavy atom. The standard InChI is InChI=1S/C12H22N4O/c13-12(16-9-4-1-2-5-9)14-8-10-6-3-7-11(17)15-10/h9-10H,1-8H2,(H,15,17)(H3,13,14,16). The van der Waals surface area contributed by atoms with Crippen molar-refractivity contribution in [1.29, 1.82) is 0 Å². The zero-order chi connectivity index (χ0) is 12.1. The van der Waals surface area contributed by atoms with Crippen molar-refractivity contribution in [2.45, 2.75) is 57.0 Å². The summed E-state index contributed by atoms with van der Waals surface area (Å²) < 4.78 is 0. The van der Waals surface area contributed by atoms with Crippen LogP contribution in [0.2, 0.25) is 0 Å². The highest BCUT2D eigenvalue weighted by atomic mass is 16.1. The Balaban J connectivity index is 1.72. The highest BCUT2D eigenvalue weighted by Crippen LogP contribution is 2.17. The number of nitrogens with zero attached hydrogens (tertiary/aromatic N) is 1. The van der Waals surface area contributed by atoms with Crippen LogP contribution in [0.15, 0.2) is 4.99 Å². The van der Waals surface area contributed by atoms with Gasteiger partial charge in [0.2, 0.25) is 5.91 Å². The van der Waals surface area contributed by atoms with Gasteiger partial charge in [0.05, 0.1) is 6.54 Å². The van der Waals surface area contributed by atoms with Crippen molar-refractivity contribution in [3.8, 4) is 0 Å². The summed E-state index contributed by atoms with van der Waals surface area (Å²) in [5, 5.41) is 6.18. The van der Waals surface area contributed by atoms with Crippen LogP contribution in [-0.2, 0) is 4.79 Å². The highest BCUT2D eigenvalue weighted by molar-refractivity contribution is 5.79. The SMILES string of the molecule is NC(=NCC1CCCC(=O)N1)NC1CCCC1. The Morgan fingerprint density at radius 3 is 2.82 bits per heavy atom. The van der Waals surface area contributed by atoms with Crippen LogP contribution in [0.3, 0.4) is 0 Å². The molecule has 1 amide bonds. The van der Waals surface area contributed by atoms with Gasteiger partial charge in [-0.1, -0.05) is 12.8 Å². The van der Waals surface area contributed by atoms with Gasteiger partial charge in [0.25, 0.3) is 0 Å². The third kappa shape index (κ3) is 3.91. The van der Waals surface area contributed by atoms with E-state index in [1.807, 2.05) is 0 Å². The van der Waals surface area contributed by atoms with Crippen molar-refractivity contribution in [3.63, 3.8) is 0 Å².